The number of quaternary nitrogens is 1. The minimum absolute atomic E-state index is 0.725. The van der Waals surface area contributed by atoms with E-state index in [9.17, 15) is 0 Å². The van der Waals surface area contributed by atoms with Crippen molar-refractivity contribution in [2.45, 2.75) is 103 Å². The van der Waals surface area contributed by atoms with Crippen LogP contribution in [0.25, 0.3) is 0 Å². The molecular weight excluding hydrogens is 456 g/mol. The number of hydrogen-bond donors (Lipinski definition) is 1. The third kappa shape index (κ3) is 15.0. The first-order valence-electron chi connectivity index (χ1n) is 15.0. The molecule has 1 heterocycles. The van der Waals surface area contributed by atoms with Gasteiger partial charge < -0.3 is 14.5 Å². The molecule has 37 heavy (non-hydrogen) atoms. The number of nitrogens with one attached hydrogen (secondary N) is 1. The van der Waals surface area contributed by atoms with Gasteiger partial charge >= 0.3 is 0 Å². The lowest BCUT2D eigenvalue weighted by Gasteiger charge is -2.30. The smallest absolute Gasteiger partial charge is 0.223 e. The van der Waals surface area contributed by atoms with Crippen molar-refractivity contribution >= 4 is 5.95 Å². The van der Waals surface area contributed by atoms with E-state index in [1.165, 1.54) is 102 Å². The number of anilines is 1. The number of nitrogens with zero attached hydrogens (tertiary/aromatic N) is 3. The third-order valence-electron chi connectivity index (χ3n) is 7.37. The Hall–Kier alpha value is -2.14. The zero-order chi connectivity index (χ0) is 26.6. The van der Waals surface area contributed by atoms with E-state index >= 15 is 0 Å². The first kappa shape index (κ1) is 31.1. The summed E-state index contributed by atoms with van der Waals surface area (Å²) >= 11 is 0. The minimum Gasteiger partial charge on any atom is -0.497 e. The zero-order valence-electron chi connectivity index (χ0n) is 24.4. The molecule has 1 aromatic heterocycles. The summed E-state index contributed by atoms with van der Waals surface area (Å²) < 4.78 is 6.28. The third-order valence-corrected chi connectivity index (χ3v) is 7.37. The second kappa shape index (κ2) is 19.0. The van der Waals surface area contributed by atoms with Crippen LogP contribution in [-0.4, -0.2) is 55.3 Å². The fraction of sp³-hybridized carbons (Fsp3) is 0.688. The van der Waals surface area contributed by atoms with Gasteiger partial charge in [-0.3, -0.25) is 0 Å². The summed E-state index contributed by atoms with van der Waals surface area (Å²) in [7, 11) is 6.37. The number of benzene rings is 1. The van der Waals surface area contributed by atoms with Crippen molar-refractivity contribution in [1.29, 1.82) is 0 Å². The summed E-state index contributed by atoms with van der Waals surface area (Å²) in [5, 5.41) is 3.44. The summed E-state index contributed by atoms with van der Waals surface area (Å²) in [4.78, 5) is 9.13. The highest BCUT2D eigenvalue weighted by Gasteiger charge is 2.14. The summed E-state index contributed by atoms with van der Waals surface area (Å²) in [6.45, 7) is 5.49. The van der Waals surface area contributed by atoms with Crippen molar-refractivity contribution in [2.75, 3.05) is 46.2 Å². The second-order valence-corrected chi connectivity index (χ2v) is 11.3. The van der Waals surface area contributed by atoms with E-state index in [0.717, 1.165) is 41.4 Å². The average Bonchev–Trinajstić information content (AvgIpc) is 2.89. The van der Waals surface area contributed by atoms with Crippen molar-refractivity contribution < 1.29 is 9.22 Å². The van der Waals surface area contributed by atoms with Gasteiger partial charge in [-0.15, -0.1) is 0 Å². The molecule has 1 N–H and O–H groups in total. The van der Waals surface area contributed by atoms with Crippen molar-refractivity contribution in [3.63, 3.8) is 0 Å². The highest BCUT2D eigenvalue weighted by molar-refractivity contribution is 5.31. The Kier molecular flexibility index (Phi) is 16.0. The van der Waals surface area contributed by atoms with Gasteiger partial charge in [0.2, 0.25) is 5.95 Å². The predicted molar refractivity (Wildman–Crippen MR) is 158 cm³/mol. The summed E-state index contributed by atoms with van der Waals surface area (Å²) in [5.41, 5.74) is 2.25. The highest BCUT2D eigenvalue weighted by atomic mass is 16.5. The predicted octanol–water partition coefficient (Wildman–Crippen LogP) is 8.05. The molecule has 1 aromatic carbocycles. The fourth-order valence-electron chi connectivity index (χ4n) is 4.85. The molecule has 2 rings (SSSR count). The summed E-state index contributed by atoms with van der Waals surface area (Å²) in [6.07, 6.45) is 22.5. The molecule has 0 aliphatic carbocycles. The van der Waals surface area contributed by atoms with Crippen LogP contribution in [0.1, 0.15) is 108 Å². The van der Waals surface area contributed by atoms with Gasteiger partial charge in [0, 0.05) is 12.6 Å². The van der Waals surface area contributed by atoms with Crippen LogP contribution >= 0.6 is 0 Å². The van der Waals surface area contributed by atoms with E-state index in [0.29, 0.717) is 0 Å². The van der Waals surface area contributed by atoms with Crippen molar-refractivity contribution in [3.05, 3.63) is 47.8 Å². The number of aromatic nitrogens is 2. The minimum atomic E-state index is 0.725. The Morgan fingerprint density at radius 2 is 1.30 bits per heavy atom. The van der Waals surface area contributed by atoms with Gasteiger partial charge in [0.15, 0.2) is 0 Å². The maximum atomic E-state index is 5.25. The van der Waals surface area contributed by atoms with Gasteiger partial charge in [-0.25, -0.2) is 9.97 Å². The molecular formula is C32H55N4O+. The fourth-order valence-corrected chi connectivity index (χ4v) is 4.85. The van der Waals surface area contributed by atoms with Crippen molar-refractivity contribution in [2.24, 2.45) is 0 Å². The van der Waals surface area contributed by atoms with E-state index in [1.807, 2.05) is 24.4 Å². The van der Waals surface area contributed by atoms with E-state index in [-0.39, 0.29) is 0 Å². The number of methoxy groups -OCH3 is 1. The summed E-state index contributed by atoms with van der Waals surface area (Å²) in [6, 6.07) is 10.2. The van der Waals surface area contributed by atoms with Crippen LogP contribution in [-0.2, 0) is 6.42 Å². The molecule has 0 radical (unpaired) electrons. The molecule has 0 unspecified atom stereocenters. The first-order chi connectivity index (χ1) is 18.0. The molecule has 0 saturated carbocycles. The SMILES string of the molecule is CCCCCCCCCCCCCCCC[N+](C)(C)CCNc1nccc(Cc2ccc(OC)cc2)n1. The maximum Gasteiger partial charge on any atom is 0.223 e. The molecule has 0 aliphatic rings. The normalized spacial score (nSPS) is 11.6. The van der Waals surface area contributed by atoms with E-state index < -0.39 is 0 Å². The topological polar surface area (TPSA) is 47.0 Å². The average molecular weight is 512 g/mol. The van der Waals surface area contributed by atoms with Crippen LogP contribution in [0.4, 0.5) is 5.95 Å². The number of unbranched alkanes of at least 4 members (excludes halogenated alkanes) is 13. The molecule has 0 aliphatic heterocycles. The van der Waals surface area contributed by atoms with Crippen LogP contribution in [0.15, 0.2) is 36.5 Å². The zero-order valence-corrected chi connectivity index (χ0v) is 24.4. The van der Waals surface area contributed by atoms with Gasteiger partial charge in [-0.1, -0.05) is 96.1 Å². The molecule has 5 nitrogen and oxygen atoms in total. The molecule has 0 spiro atoms. The quantitative estimate of drug-likeness (QED) is 0.128. The van der Waals surface area contributed by atoms with Crippen LogP contribution in [0.3, 0.4) is 0 Å². The monoisotopic (exact) mass is 511 g/mol. The van der Waals surface area contributed by atoms with Crippen LogP contribution in [0.2, 0.25) is 0 Å². The Morgan fingerprint density at radius 1 is 0.730 bits per heavy atom. The van der Waals surface area contributed by atoms with E-state index in [1.54, 1.807) is 7.11 Å². The Balaban J connectivity index is 1.50. The van der Waals surface area contributed by atoms with E-state index in [2.05, 4.69) is 43.5 Å². The lowest BCUT2D eigenvalue weighted by atomic mass is 10.0. The molecule has 5 heteroatoms. The lowest BCUT2D eigenvalue weighted by molar-refractivity contribution is -0.888. The number of rotatable bonds is 22. The number of hydrogen-bond acceptors (Lipinski definition) is 4. The Morgan fingerprint density at radius 3 is 1.86 bits per heavy atom. The second-order valence-electron chi connectivity index (χ2n) is 11.3. The standard InChI is InChI=1S/C32H55N4O/c1-5-6-7-8-9-10-11-12-13-14-15-16-17-18-26-36(2,3)27-25-34-32-33-24-23-30(35-32)28-29-19-21-31(37-4)22-20-29/h19-24H,5-18,25-28H2,1-4H3,(H,33,34,35)/q+1. The Labute approximate surface area is 228 Å². The van der Waals surface area contributed by atoms with Crippen LogP contribution in [0.5, 0.6) is 5.75 Å². The van der Waals surface area contributed by atoms with Crippen molar-refractivity contribution in [1.82, 2.24) is 9.97 Å². The Bertz CT molecular complexity index is 822. The number of likely N-dealkylation sites (N-methyl/N-ethyl adjacent to an activating group) is 1. The highest BCUT2D eigenvalue weighted by Crippen LogP contribution is 2.15. The lowest BCUT2D eigenvalue weighted by Crippen LogP contribution is -2.43. The largest absolute Gasteiger partial charge is 0.497 e. The van der Waals surface area contributed by atoms with Gasteiger partial charge in [0.1, 0.15) is 5.75 Å². The maximum absolute atomic E-state index is 5.25. The van der Waals surface area contributed by atoms with Gasteiger partial charge in [-0.2, -0.15) is 0 Å². The molecule has 0 bridgehead atoms. The van der Waals surface area contributed by atoms with Crippen LogP contribution in [0, 0.1) is 0 Å². The van der Waals surface area contributed by atoms with Crippen LogP contribution < -0.4 is 10.1 Å². The van der Waals surface area contributed by atoms with E-state index in [4.69, 9.17) is 9.72 Å². The molecule has 2 aromatic rings. The molecule has 0 amide bonds. The molecule has 0 saturated heterocycles. The summed E-state index contributed by atoms with van der Waals surface area (Å²) in [5.74, 6) is 1.60. The molecule has 0 atom stereocenters. The van der Waals surface area contributed by atoms with Gasteiger partial charge in [0.25, 0.3) is 0 Å². The number of ether oxygens (including phenoxy) is 1. The molecule has 208 valence electrons. The van der Waals surface area contributed by atoms with Crippen molar-refractivity contribution in [3.8, 4) is 5.75 Å². The van der Waals surface area contributed by atoms with Gasteiger partial charge in [-0.05, 0) is 36.6 Å². The first-order valence-corrected chi connectivity index (χ1v) is 15.0. The molecule has 0 fully saturated rings. The van der Waals surface area contributed by atoms with Gasteiger partial charge in [0.05, 0.1) is 46.5 Å².